The smallest absolute Gasteiger partial charge is 0.164 e. The highest BCUT2D eigenvalue weighted by atomic mass is 16.5. The van der Waals surface area contributed by atoms with Gasteiger partial charge in [-0.25, -0.2) is 15.0 Å². The Morgan fingerprint density at radius 2 is 0.440 bits per heavy atom. The Kier molecular flexibility index (Phi) is 14.7. The third-order valence-corrected chi connectivity index (χ3v) is 12.9. The lowest BCUT2D eigenvalue weighted by atomic mass is 10.1. The number of anilines is 9. The van der Waals surface area contributed by atoms with Crippen LogP contribution >= 0.6 is 0 Å². The van der Waals surface area contributed by atoms with Crippen LogP contribution in [0, 0.1) is 0 Å². The van der Waals surface area contributed by atoms with Gasteiger partial charge < -0.3 is 43.9 Å². The first-order valence-electron chi connectivity index (χ1n) is 24.3. The normalized spacial score (nSPS) is 10.9. The van der Waals surface area contributed by atoms with Crippen molar-refractivity contribution in [3.05, 3.63) is 230 Å². The second-order valence-corrected chi connectivity index (χ2v) is 17.4. The third kappa shape index (κ3) is 10.8. The Morgan fingerprint density at radius 3 is 0.613 bits per heavy atom. The predicted molar refractivity (Wildman–Crippen MR) is 298 cm³/mol. The summed E-state index contributed by atoms with van der Waals surface area (Å²) in [6.07, 6.45) is 0. The average molecular weight is 991 g/mol. The topological polar surface area (TPSA) is 126 Å². The Bertz CT molecular complexity index is 2930. The minimum Gasteiger partial charge on any atom is -0.497 e. The zero-order chi connectivity index (χ0) is 51.7. The van der Waals surface area contributed by atoms with E-state index in [4.69, 9.17) is 33.9 Å². The van der Waals surface area contributed by atoms with Crippen molar-refractivity contribution < 1.29 is 29.2 Å². The number of aliphatic hydroxyl groups excluding tert-OH is 2. The fourth-order valence-corrected chi connectivity index (χ4v) is 8.81. The maximum absolute atomic E-state index is 9.82. The zero-order valence-corrected chi connectivity index (χ0v) is 41.9. The Morgan fingerprint density at radius 1 is 0.267 bits per heavy atom. The molecule has 0 amide bonds. The first kappa shape index (κ1) is 49.1. The molecule has 10 rings (SSSR count). The summed E-state index contributed by atoms with van der Waals surface area (Å²) in [5.41, 5.74) is 12.4. The summed E-state index contributed by atoms with van der Waals surface area (Å²) < 4.78 is 22.0. The van der Waals surface area contributed by atoms with Crippen molar-refractivity contribution in [2.45, 2.75) is 13.2 Å². The molecule has 0 bridgehead atoms. The molecule has 12 heteroatoms. The van der Waals surface area contributed by atoms with E-state index in [0.29, 0.717) is 17.5 Å². The average Bonchev–Trinajstić information content (AvgIpc) is 3.49. The molecule has 0 unspecified atom stereocenters. The lowest BCUT2D eigenvalue weighted by Gasteiger charge is -2.26. The lowest BCUT2D eigenvalue weighted by Crippen LogP contribution is -2.10. The molecule has 10 aromatic rings. The van der Waals surface area contributed by atoms with Crippen molar-refractivity contribution >= 4 is 51.2 Å². The summed E-state index contributed by atoms with van der Waals surface area (Å²) in [5.74, 6) is 4.54. The van der Waals surface area contributed by atoms with Crippen molar-refractivity contribution in [2.24, 2.45) is 0 Å². The summed E-state index contributed by atoms with van der Waals surface area (Å²) in [7, 11) is 6.63. The molecule has 9 aromatic carbocycles. The molecule has 0 spiro atoms. The molecule has 0 radical (unpaired) electrons. The maximum Gasteiger partial charge on any atom is 0.164 e. The number of aromatic nitrogens is 3. The van der Waals surface area contributed by atoms with E-state index < -0.39 is 0 Å². The van der Waals surface area contributed by atoms with Crippen molar-refractivity contribution in [3.8, 4) is 57.2 Å². The van der Waals surface area contributed by atoms with Crippen LogP contribution in [0.1, 0.15) is 11.1 Å². The van der Waals surface area contributed by atoms with Gasteiger partial charge in [-0.3, -0.25) is 0 Å². The van der Waals surface area contributed by atoms with Crippen LogP contribution in [0.2, 0.25) is 0 Å². The number of ether oxygens (including phenoxy) is 4. The molecular weight excluding hydrogens is 937 g/mol. The molecular formula is C63H54N6O6. The molecule has 0 atom stereocenters. The second kappa shape index (κ2) is 22.5. The van der Waals surface area contributed by atoms with Crippen LogP contribution in [-0.2, 0) is 13.2 Å². The Labute approximate surface area is 436 Å². The van der Waals surface area contributed by atoms with Crippen molar-refractivity contribution in [2.75, 3.05) is 43.1 Å². The van der Waals surface area contributed by atoms with Gasteiger partial charge >= 0.3 is 0 Å². The number of hydrogen-bond donors (Lipinski definition) is 2. The van der Waals surface area contributed by atoms with E-state index in [2.05, 4.69) is 51.1 Å². The molecule has 0 fully saturated rings. The number of rotatable bonds is 18. The Balaban J connectivity index is 1.06. The van der Waals surface area contributed by atoms with Crippen LogP contribution in [-0.4, -0.2) is 53.6 Å². The molecule has 0 aliphatic rings. The van der Waals surface area contributed by atoms with Crippen LogP contribution < -0.4 is 33.6 Å². The van der Waals surface area contributed by atoms with Gasteiger partial charge in [-0.15, -0.1) is 0 Å². The fraction of sp³-hybridized carbons (Fsp3) is 0.0952. The third-order valence-electron chi connectivity index (χ3n) is 12.9. The van der Waals surface area contributed by atoms with Gasteiger partial charge in [0.2, 0.25) is 0 Å². The van der Waals surface area contributed by atoms with Gasteiger partial charge in [0.25, 0.3) is 0 Å². The first-order valence-corrected chi connectivity index (χ1v) is 24.3. The zero-order valence-electron chi connectivity index (χ0n) is 41.9. The van der Waals surface area contributed by atoms with E-state index in [1.165, 1.54) is 0 Å². The van der Waals surface area contributed by atoms with Crippen LogP contribution in [0.3, 0.4) is 0 Å². The van der Waals surface area contributed by atoms with E-state index in [-0.39, 0.29) is 13.2 Å². The van der Waals surface area contributed by atoms with Crippen molar-refractivity contribution in [1.82, 2.24) is 15.0 Å². The molecule has 2 N–H and O–H groups in total. The minimum atomic E-state index is -0.0454. The van der Waals surface area contributed by atoms with Gasteiger partial charge in [-0.2, -0.15) is 0 Å². The highest BCUT2D eigenvalue weighted by molar-refractivity contribution is 5.82. The minimum absolute atomic E-state index is 0.0454. The number of aliphatic hydroxyl groups is 2. The number of benzene rings is 9. The van der Waals surface area contributed by atoms with Gasteiger partial charge in [0.15, 0.2) is 17.5 Å². The predicted octanol–water partition coefficient (Wildman–Crippen LogP) is 14.3. The van der Waals surface area contributed by atoms with E-state index in [9.17, 15) is 10.2 Å². The monoisotopic (exact) mass is 990 g/mol. The number of methoxy groups -OCH3 is 4. The standard InChI is InChI=1S/C63H54N6O6/c1-72-57-33-25-53(26-34-57)67(48-15-5-43(41-70)6-16-48)50-19-9-45(10-20-50)61-64-62(46-11-21-51(22-12-46)68(49-17-7-44(42-71)8-18-49)54-27-35-58(73-2)36-28-54)66-63(65-61)47-13-23-52(24-14-47)69(55-29-37-59(74-3)38-30-55)56-31-39-60(75-4)40-32-56/h5-40,70-71H,41-42H2,1-4H3. The molecule has 1 heterocycles. The largest absolute Gasteiger partial charge is 0.497 e. The van der Waals surface area contributed by atoms with E-state index in [1.54, 1.807) is 28.4 Å². The molecule has 0 aliphatic heterocycles. The quantitative estimate of drug-likeness (QED) is 0.0850. The molecule has 12 nitrogen and oxygen atoms in total. The molecule has 372 valence electrons. The van der Waals surface area contributed by atoms with Crippen molar-refractivity contribution in [3.63, 3.8) is 0 Å². The summed E-state index contributed by atoms with van der Waals surface area (Å²) >= 11 is 0. The van der Waals surface area contributed by atoms with Crippen molar-refractivity contribution in [1.29, 1.82) is 0 Å². The van der Waals surface area contributed by atoms with Crippen LogP contribution in [0.25, 0.3) is 34.2 Å². The fourth-order valence-electron chi connectivity index (χ4n) is 8.81. The van der Waals surface area contributed by atoms with Crippen LogP contribution in [0.15, 0.2) is 218 Å². The summed E-state index contributed by atoms with van der Waals surface area (Å²) in [5, 5.41) is 19.6. The van der Waals surface area contributed by atoms with Gasteiger partial charge in [0, 0.05) is 67.9 Å². The van der Waals surface area contributed by atoms with Crippen LogP contribution in [0.5, 0.6) is 23.0 Å². The molecule has 0 aliphatic carbocycles. The first-order chi connectivity index (χ1) is 36.8. The number of hydrogen-bond acceptors (Lipinski definition) is 12. The van der Waals surface area contributed by atoms with Gasteiger partial charge in [-0.05, 0) is 205 Å². The maximum atomic E-state index is 9.82. The summed E-state index contributed by atoms with van der Waals surface area (Å²) in [4.78, 5) is 21.9. The molecule has 1 aromatic heterocycles. The summed E-state index contributed by atoms with van der Waals surface area (Å²) in [6, 6.07) is 72.0. The molecule has 0 saturated heterocycles. The van der Waals surface area contributed by atoms with Gasteiger partial charge in [0.1, 0.15) is 23.0 Å². The van der Waals surface area contributed by atoms with Gasteiger partial charge in [0.05, 0.1) is 41.7 Å². The van der Waals surface area contributed by atoms with E-state index >= 15 is 0 Å². The highest BCUT2D eigenvalue weighted by Crippen LogP contribution is 2.41. The number of nitrogens with zero attached hydrogens (tertiary/aromatic N) is 6. The van der Waals surface area contributed by atoms with E-state index in [1.807, 2.05) is 182 Å². The molecule has 75 heavy (non-hydrogen) atoms. The van der Waals surface area contributed by atoms with E-state index in [0.717, 1.165) is 102 Å². The second-order valence-electron chi connectivity index (χ2n) is 17.4. The Hall–Kier alpha value is -9.49. The lowest BCUT2D eigenvalue weighted by molar-refractivity contribution is 0.281. The highest BCUT2D eigenvalue weighted by Gasteiger charge is 2.20. The summed E-state index contributed by atoms with van der Waals surface area (Å²) in [6.45, 7) is -0.0909. The SMILES string of the molecule is COc1ccc(N(c2ccc(CO)cc2)c2ccc(-c3nc(-c4ccc(N(c5ccc(CO)cc5)c5ccc(OC)cc5)cc4)nc(-c4ccc(N(c5ccc(OC)cc5)c5ccc(OC)cc5)cc4)n3)cc2)cc1. The molecule has 0 saturated carbocycles. The van der Waals surface area contributed by atoms with Crippen LogP contribution in [0.4, 0.5) is 51.2 Å². The van der Waals surface area contributed by atoms with Gasteiger partial charge in [-0.1, -0.05) is 24.3 Å².